The second-order valence-electron chi connectivity index (χ2n) is 4.02. The third-order valence-corrected chi connectivity index (χ3v) is 2.87. The van der Waals surface area contributed by atoms with E-state index in [0.717, 1.165) is 6.42 Å². The third kappa shape index (κ3) is 2.19. The Hall–Kier alpha value is -1.49. The van der Waals surface area contributed by atoms with Crippen molar-refractivity contribution >= 4 is 5.97 Å². The van der Waals surface area contributed by atoms with Crippen LogP contribution in [-0.4, -0.2) is 35.8 Å². The van der Waals surface area contributed by atoms with Gasteiger partial charge in [0, 0.05) is 6.20 Å². The first-order chi connectivity index (χ1) is 7.76. The summed E-state index contributed by atoms with van der Waals surface area (Å²) in [6, 6.07) is 1.54. The molecule has 0 atom stereocenters. The maximum atomic E-state index is 11.6. The van der Waals surface area contributed by atoms with Gasteiger partial charge in [0.15, 0.2) is 5.69 Å². The maximum absolute atomic E-state index is 11.6. The van der Waals surface area contributed by atoms with E-state index in [1.54, 1.807) is 0 Å². The van der Waals surface area contributed by atoms with Crippen LogP contribution in [0.1, 0.15) is 23.8 Å². The van der Waals surface area contributed by atoms with E-state index < -0.39 is 5.97 Å². The quantitative estimate of drug-likeness (QED) is 0.713. The van der Waals surface area contributed by atoms with Crippen molar-refractivity contribution in [2.24, 2.45) is 5.41 Å². The largest absolute Gasteiger partial charge is 0.460 e. The van der Waals surface area contributed by atoms with Crippen LogP contribution >= 0.6 is 0 Å². The van der Waals surface area contributed by atoms with Crippen molar-refractivity contribution in [3.8, 4) is 0 Å². The molecule has 0 saturated carbocycles. The van der Waals surface area contributed by atoms with Crippen LogP contribution in [0.25, 0.3) is 0 Å². The molecule has 0 aliphatic carbocycles. The van der Waals surface area contributed by atoms with Gasteiger partial charge in [0.1, 0.15) is 12.9 Å². The number of ether oxygens (including phenoxy) is 2. The lowest BCUT2D eigenvalue weighted by atomic mass is 9.84. The van der Waals surface area contributed by atoms with Crippen molar-refractivity contribution in [3.05, 3.63) is 24.3 Å². The van der Waals surface area contributed by atoms with Gasteiger partial charge in [0.25, 0.3) is 0 Å². The number of nitrogens with zero attached hydrogens (tertiary/aromatic N) is 2. The molecule has 0 unspecified atom stereocenters. The van der Waals surface area contributed by atoms with Crippen molar-refractivity contribution in [2.45, 2.75) is 13.3 Å². The number of aromatic nitrogens is 2. The average Bonchev–Trinajstić information content (AvgIpc) is 2.29. The van der Waals surface area contributed by atoms with Gasteiger partial charge in [-0.15, -0.1) is 0 Å². The molecule has 0 spiro atoms. The molecule has 0 radical (unpaired) electrons. The second kappa shape index (κ2) is 4.57. The zero-order chi connectivity index (χ0) is 11.4. The topological polar surface area (TPSA) is 61.3 Å². The molecular weight excluding hydrogens is 208 g/mol. The summed E-state index contributed by atoms with van der Waals surface area (Å²) in [7, 11) is 0. The molecule has 1 aliphatic rings. The van der Waals surface area contributed by atoms with E-state index in [9.17, 15) is 4.79 Å². The molecule has 86 valence electrons. The summed E-state index contributed by atoms with van der Waals surface area (Å²) >= 11 is 0. The standard InChI is InChI=1S/C11H14N2O3/c1-2-11(5-15-6-11)7-16-10(14)9-3-4-12-8-13-9/h3-4,8H,2,5-7H2,1H3. The van der Waals surface area contributed by atoms with Gasteiger partial charge >= 0.3 is 5.97 Å². The van der Waals surface area contributed by atoms with Gasteiger partial charge in [-0.2, -0.15) is 0 Å². The maximum Gasteiger partial charge on any atom is 0.357 e. The summed E-state index contributed by atoms with van der Waals surface area (Å²) in [5.74, 6) is -0.401. The summed E-state index contributed by atoms with van der Waals surface area (Å²) in [6.07, 6.45) is 3.80. The van der Waals surface area contributed by atoms with Crippen molar-refractivity contribution in [3.63, 3.8) is 0 Å². The van der Waals surface area contributed by atoms with Gasteiger partial charge in [-0.25, -0.2) is 14.8 Å². The Bertz CT molecular complexity index is 357. The van der Waals surface area contributed by atoms with Crippen LogP contribution in [-0.2, 0) is 9.47 Å². The number of esters is 1. The second-order valence-corrected chi connectivity index (χ2v) is 4.02. The molecule has 16 heavy (non-hydrogen) atoms. The van der Waals surface area contributed by atoms with E-state index in [1.165, 1.54) is 18.6 Å². The molecule has 1 fully saturated rings. The number of carbonyl (C=O) groups is 1. The van der Waals surface area contributed by atoms with Crippen molar-refractivity contribution in [1.29, 1.82) is 0 Å². The highest BCUT2D eigenvalue weighted by molar-refractivity contribution is 5.86. The van der Waals surface area contributed by atoms with E-state index in [1.807, 2.05) is 0 Å². The number of rotatable bonds is 4. The summed E-state index contributed by atoms with van der Waals surface area (Å²) in [6.45, 7) is 3.80. The summed E-state index contributed by atoms with van der Waals surface area (Å²) < 4.78 is 10.4. The number of hydrogen-bond donors (Lipinski definition) is 0. The zero-order valence-corrected chi connectivity index (χ0v) is 9.18. The highest BCUT2D eigenvalue weighted by Gasteiger charge is 2.38. The number of hydrogen-bond acceptors (Lipinski definition) is 5. The lowest BCUT2D eigenvalue weighted by molar-refractivity contribution is -0.140. The van der Waals surface area contributed by atoms with Gasteiger partial charge in [0.05, 0.1) is 18.6 Å². The van der Waals surface area contributed by atoms with Crippen molar-refractivity contribution in [2.75, 3.05) is 19.8 Å². The monoisotopic (exact) mass is 222 g/mol. The van der Waals surface area contributed by atoms with Crippen LogP contribution < -0.4 is 0 Å². The predicted molar refractivity (Wildman–Crippen MR) is 55.9 cm³/mol. The van der Waals surface area contributed by atoms with Crippen LogP contribution in [0.5, 0.6) is 0 Å². The molecule has 0 aromatic carbocycles. The Balaban J connectivity index is 1.89. The lowest BCUT2D eigenvalue weighted by Gasteiger charge is -2.39. The zero-order valence-electron chi connectivity index (χ0n) is 9.18. The molecule has 5 heteroatoms. The van der Waals surface area contributed by atoms with E-state index in [-0.39, 0.29) is 5.41 Å². The minimum Gasteiger partial charge on any atom is -0.460 e. The van der Waals surface area contributed by atoms with E-state index in [0.29, 0.717) is 25.5 Å². The van der Waals surface area contributed by atoms with Crippen LogP contribution in [0, 0.1) is 5.41 Å². The van der Waals surface area contributed by atoms with Gasteiger partial charge in [-0.05, 0) is 12.5 Å². The molecule has 0 bridgehead atoms. The van der Waals surface area contributed by atoms with Crippen molar-refractivity contribution in [1.82, 2.24) is 9.97 Å². The van der Waals surface area contributed by atoms with E-state index in [2.05, 4.69) is 16.9 Å². The first-order valence-electron chi connectivity index (χ1n) is 5.27. The highest BCUT2D eigenvalue weighted by Crippen LogP contribution is 2.31. The molecule has 1 aromatic rings. The molecule has 1 aromatic heterocycles. The molecule has 0 amide bonds. The number of carbonyl (C=O) groups excluding carboxylic acids is 1. The van der Waals surface area contributed by atoms with Crippen LogP contribution in [0.15, 0.2) is 18.6 Å². The predicted octanol–water partition coefficient (Wildman–Crippen LogP) is 1.06. The normalized spacial score (nSPS) is 17.6. The first kappa shape index (κ1) is 11.0. The molecule has 0 N–H and O–H groups in total. The Labute approximate surface area is 93.8 Å². The van der Waals surface area contributed by atoms with Gasteiger partial charge in [-0.1, -0.05) is 6.92 Å². The lowest BCUT2D eigenvalue weighted by Crippen LogP contribution is -2.46. The Morgan fingerprint density at radius 2 is 2.44 bits per heavy atom. The van der Waals surface area contributed by atoms with Gasteiger partial charge < -0.3 is 9.47 Å². The summed E-state index contributed by atoms with van der Waals surface area (Å²) in [4.78, 5) is 19.2. The fourth-order valence-electron chi connectivity index (χ4n) is 1.48. The fraction of sp³-hybridized carbons (Fsp3) is 0.545. The molecule has 5 nitrogen and oxygen atoms in total. The summed E-state index contributed by atoms with van der Waals surface area (Å²) in [5.41, 5.74) is 0.310. The minimum atomic E-state index is -0.401. The fourth-order valence-corrected chi connectivity index (χ4v) is 1.48. The molecule has 2 rings (SSSR count). The SMILES string of the molecule is CCC1(COC(=O)c2ccncn2)COC1. The molecular formula is C11H14N2O3. The highest BCUT2D eigenvalue weighted by atomic mass is 16.5. The van der Waals surface area contributed by atoms with Crippen LogP contribution in [0.4, 0.5) is 0 Å². The summed E-state index contributed by atoms with van der Waals surface area (Å²) in [5, 5.41) is 0. The average molecular weight is 222 g/mol. The minimum absolute atomic E-state index is 0.0166. The third-order valence-electron chi connectivity index (χ3n) is 2.87. The van der Waals surface area contributed by atoms with Gasteiger partial charge in [-0.3, -0.25) is 0 Å². The van der Waals surface area contributed by atoms with Crippen LogP contribution in [0.2, 0.25) is 0 Å². The van der Waals surface area contributed by atoms with Crippen LogP contribution in [0.3, 0.4) is 0 Å². The Morgan fingerprint density at radius 3 is 2.94 bits per heavy atom. The van der Waals surface area contributed by atoms with E-state index in [4.69, 9.17) is 9.47 Å². The smallest absolute Gasteiger partial charge is 0.357 e. The molecule has 2 heterocycles. The molecule has 1 aliphatic heterocycles. The van der Waals surface area contributed by atoms with Crippen molar-refractivity contribution < 1.29 is 14.3 Å². The Morgan fingerprint density at radius 1 is 1.62 bits per heavy atom. The Kier molecular flexibility index (Phi) is 3.14. The van der Waals surface area contributed by atoms with E-state index >= 15 is 0 Å². The van der Waals surface area contributed by atoms with Gasteiger partial charge in [0.2, 0.25) is 0 Å². The molecule has 1 saturated heterocycles. The first-order valence-corrected chi connectivity index (χ1v) is 5.27.